The predicted molar refractivity (Wildman–Crippen MR) is 37.7 cm³/mol. The van der Waals surface area contributed by atoms with Gasteiger partial charge in [0.1, 0.15) is 0 Å². The fraction of sp³-hybridized carbons (Fsp3) is 1.00. The molecule has 0 aliphatic carbocycles. The molecule has 3 rings (SSSR count). The van der Waals surface area contributed by atoms with E-state index in [0.29, 0.717) is 6.04 Å². The van der Waals surface area contributed by atoms with Crippen LogP contribution in [0.25, 0.3) is 5.32 Å². The number of rotatable bonds is 0. The van der Waals surface area contributed by atoms with Crippen molar-refractivity contribution < 1.29 is 58.2 Å². The summed E-state index contributed by atoms with van der Waals surface area (Å²) in [4.78, 5) is 2.45. The molecule has 0 N–H and O–H groups in total. The first-order chi connectivity index (χ1) is 4.36. The van der Waals surface area contributed by atoms with Crippen molar-refractivity contribution in [2.24, 2.45) is 0 Å². The maximum Gasteiger partial charge on any atom is 1.00 e. The molecule has 2 nitrogen and oxygen atoms in total. The van der Waals surface area contributed by atoms with Crippen LogP contribution in [0.5, 0.6) is 0 Å². The summed E-state index contributed by atoms with van der Waals surface area (Å²) in [5.41, 5.74) is 0. The Kier molecular flexibility index (Phi) is 4.02. The van der Waals surface area contributed by atoms with E-state index in [1.54, 1.807) is 0 Å². The summed E-state index contributed by atoms with van der Waals surface area (Å²) in [6.07, 6.45) is 2.72. The molecule has 3 saturated heterocycles. The van der Waals surface area contributed by atoms with Gasteiger partial charge in [-0.05, 0) is 26.1 Å². The zero-order valence-corrected chi connectivity index (χ0v) is 11.8. The topological polar surface area (TPSA) is 17.3 Å². The second kappa shape index (κ2) is 4.10. The van der Waals surface area contributed by atoms with Crippen molar-refractivity contribution in [3.05, 3.63) is 5.32 Å². The average molecular weight is 211 g/mol. The summed E-state index contributed by atoms with van der Waals surface area (Å²) in [5.74, 6) is 0. The van der Waals surface area contributed by atoms with Crippen LogP contribution >= 0.6 is 0 Å². The first kappa shape index (κ1) is 9.81. The van der Waals surface area contributed by atoms with Crippen molar-refractivity contribution in [3.8, 4) is 0 Å². The van der Waals surface area contributed by atoms with Crippen molar-refractivity contribution in [2.75, 3.05) is 20.1 Å². The number of hydrogen-bond donors (Lipinski definition) is 0. The van der Waals surface area contributed by atoms with Gasteiger partial charge in [0, 0.05) is 0 Å². The smallest absolute Gasteiger partial charge is 0.657 e. The van der Waals surface area contributed by atoms with Gasteiger partial charge >= 0.3 is 58.2 Å². The molecule has 3 aliphatic rings. The summed E-state index contributed by atoms with van der Waals surface area (Å²) < 4.78 is 0. The zero-order valence-electron chi connectivity index (χ0n) is 6.88. The fourth-order valence-corrected chi connectivity index (χ4v) is 1.83. The minimum absolute atomic E-state index is 0. The fourth-order valence-electron chi connectivity index (χ4n) is 1.83. The second-order valence-electron chi connectivity index (χ2n) is 3.19. The van der Waals surface area contributed by atoms with Gasteiger partial charge in [-0.25, -0.2) is 0 Å². The third-order valence-electron chi connectivity index (χ3n) is 2.53. The van der Waals surface area contributed by atoms with Crippen molar-refractivity contribution in [3.63, 3.8) is 0 Å². The summed E-state index contributed by atoms with van der Waals surface area (Å²) in [5, 5.41) is 4.51. The van der Waals surface area contributed by atoms with Crippen LogP contribution in [0, 0.1) is 0 Å². The first-order valence-corrected chi connectivity index (χ1v) is 3.73. The quantitative estimate of drug-likeness (QED) is 0.446. The summed E-state index contributed by atoms with van der Waals surface area (Å²) in [6.45, 7) is 2.31. The summed E-state index contributed by atoms with van der Waals surface area (Å²) in [7, 11) is 2.21. The van der Waals surface area contributed by atoms with Gasteiger partial charge in [-0.2, -0.15) is 0 Å². The van der Waals surface area contributed by atoms with E-state index < -0.39 is 0 Å². The minimum atomic E-state index is 0. The van der Waals surface area contributed by atoms with Gasteiger partial charge in [0.25, 0.3) is 0 Å². The number of piperidine rings is 2. The average Bonchev–Trinajstić information content (AvgIpc) is 1.90. The van der Waals surface area contributed by atoms with Crippen LogP contribution in [-0.4, -0.2) is 37.1 Å². The SMILES string of the molecule is CN1CC2CCC1C[N-]2.[Rb+]. The molecule has 0 radical (unpaired) electrons. The van der Waals surface area contributed by atoms with Gasteiger partial charge in [-0.15, -0.1) is 12.6 Å². The van der Waals surface area contributed by atoms with E-state index in [9.17, 15) is 0 Å². The molecule has 52 valence electrons. The largest absolute Gasteiger partial charge is 1.00 e. The molecule has 0 saturated carbocycles. The Bertz CT molecular complexity index is 110. The van der Waals surface area contributed by atoms with E-state index in [2.05, 4.69) is 17.3 Å². The van der Waals surface area contributed by atoms with E-state index in [-0.39, 0.29) is 58.2 Å². The first-order valence-electron chi connectivity index (χ1n) is 3.73. The molecular formula is C7H13N2Rb. The molecule has 0 aromatic heterocycles. The third kappa shape index (κ3) is 1.90. The van der Waals surface area contributed by atoms with Crippen LogP contribution in [-0.2, 0) is 0 Å². The van der Waals surface area contributed by atoms with Crippen molar-refractivity contribution in [1.29, 1.82) is 0 Å². The second-order valence-corrected chi connectivity index (χ2v) is 3.19. The van der Waals surface area contributed by atoms with Crippen LogP contribution in [0.3, 0.4) is 0 Å². The van der Waals surface area contributed by atoms with Crippen LogP contribution in [0.4, 0.5) is 0 Å². The van der Waals surface area contributed by atoms with Crippen LogP contribution in [0.2, 0.25) is 0 Å². The Morgan fingerprint density at radius 3 is 2.40 bits per heavy atom. The number of piperazine rings is 1. The van der Waals surface area contributed by atoms with E-state index in [4.69, 9.17) is 0 Å². The molecule has 3 heterocycles. The van der Waals surface area contributed by atoms with Gasteiger partial charge in [-0.3, -0.25) is 0 Å². The molecule has 2 unspecified atom stereocenters. The Morgan fingerprint density at radius 2 is 2.20 bits per heavy atom. The van der Waals surface area contributed by atoms with Crippen LogP contribution < -0.4 is 58.2 Å². The summed E-state index contributed by atoms with van der Waals surface area (Å²) >= 11 is 0. The van der Waals surface area contributed by atoms with Crippen molar-refractivity contribution >= 4 is 0 Å². The molecule has 10 heavy (non-hydrogen) atoms. The Hall–Kier alpha value is 1.73. The maximum absolute atomic E-state index is 4.51. The Balaban J connectivity index is 0.000000500. The predicted octanol–water partition coefficient (Wildman–Crippen LogP) is -2.16. The van der Waals surface area contributed by atoms with E-state index in [0.717, 1.165) is 12.6 Å². The van der Waals surface area contributed by atoms with Gasteiger partial charge in [0.15, 0.2) is 0 Å². The van der Waals surface area contributed by atoms with Crippen LogP contribution in [0.1, 0.15) is 12.8 Å². The van der Waals surface area contributed by atoms with Crippen LogP contribution in [0.15, 0.2) is 0 Å². The molecule has 0 aromatic rings. The van der Waals surface area contributed by atoms with Crippen molar-refractivity contribution in [2.45, 2.75) is 24.9 Å². The molecule has 2 atom stereocenters. The molecule has 0 aromatic carbocycles. The molecule has 3 heteroatoms. The molecular weight excluding hydrogens is 198 g/mol. The van der Waals surface area contributed by atoms with E-state index in [1.165, 1.54) is 19.4 Å². The Labute approximate surface area is 112 Å². The van der Waals surface area contributed by atoms with E-state index >= 15 is 0 Å². The third-order valence-corrected chi connectivity index (χ3v) is 2.53. The van der Waals surface area contributed by atoms with Gasteiger partial charge < -0.3 is 10.2 Å². The number of fused-ring (bicyclic) bond motifs is 3. The van der Waals surface area contributed by atoms with Gasteiger partial charge in [-0.1, -0.05) is 6.42 Å². The van der Waals surface area contributed by atoms with Gasteiger partial charge in [0.2, 0.25) is 0 Å². The van der Waals surface area contributed by atoms with Gasteiger partial charge in [0.05, 0.1) is 0 Å². The normalized spacial score (nSPS) is 39.3. The molecule has 0 amide bonds. The Morgan fingerprint density at radius 1 is 1.40 bits per heavy atom. The number of likely N-dealkylation sites (N-methyl/N-ethyl adjacent to an activating group) is 1. The standard InChI is InChI=1S/C7H13N2.Rb/c1-9-5-6-2-3-7(9)4-8-6;/h6-7H,2-5H2,1H3;/q-1;+1. The molecule has 3 fully saturated rings. The molecule has 0 spiro atoms. The maximum atomic E-state index is 4.51. The van der Waals surface area contributed by atoms with E-state index in [1.807, 2.05) is 0 Å². The number of nitrogens with zero attached hydrogens (tertiary/aromatic N) is 2. The minimum Gasteiger partial charge on any atom is -0.657 e. The number of hydrogen-bond acceptors (Lipinski definition) is 1. The van der Waals surface area contributed by atoms with Crippen molar-refractivity contribution in [1.82, 2.24) is 4.90 Å². The monoisotopic (exact) mass is 210 g/mol. The molecule has 2 bridgehead atoms. The summed E-state index contributed by atoms with van der Waals surface area (Å²) in [6, 6.07) is 1.47. The zero-order chi connectivity index (χ0) is 6.27. The molecule has 3 aliphatic heterocycles.